The number of rotatable bonds is 6. The van der Waals surface area contributed by atoms with Crippen molar-refractivity contribution in [2.45, 2.75) is 26.8 Å². The third kappa shape index (κ3) is 4.57. The number of anilines is 2. The lowest BCUT2D eigenvalue weighted by Gasteiger charge is -2.25. The molecule has 3 heterocycles. The highest BCUT2D eigenvalue weighted by molar-refractivity contribution is 6.35. The second-order valence-corrected chi connectivity index (χ2v) is 8.69. The molecule has 0 aliphatic carbocycles. The fourth-order valence-corrected chi connectivity index (χ4v) is 4.32. The Morgan fingerprint density at radius 2 is 1.94 bits per heavy atom. The Morgan fingerprint density at radius 3 is 2.60 bits per heavy atom. The van der Waals surface area contributed by atoms with Crippen LogP contribution in [0.2, 0.25) is 5.02 Å². The van der Waals surface area contributed by atoms with Crippen LogP contribution in [0.4, 0.5) is 11.4 Å². The van der Waals surface area contributed by atoms with Gasteiger partial charge in [0.15, 0.2) is 0 Å². The van der Waals surface area contributed by atoms with E-state index in [9.17, 15) is 9.59 Å². The van der Waals surface area contributed by atoms with Gasteiger partial charge in [-0.2, -0.15) is 0 Å². The van der Waals surface area contributed by atoms with Crippen LogP contribution in [0.15, 0.2) is 70.9 Å². The minimum Gasteiger partial charge on any atom is -0.476 e. The van der Waals surface area contributed by atoms with Crippen LogP contribution in [0.5, 0.6) is 5.88 Å². The largest absolute Gasteiger partial charge is 0.476 e. The van der Waals surface area contributed by atoms with E-state index in [0.29, 0.717) is 40.1 Å². The number of allylic oxidation sites excluding steroid dienone is 1. The van der Waals surface area contributed by atoms with E-state index >= 15 is 0 Å². The molecule has 3 aromatic rings. The molecule has 8 nitrogen and oxygen atoms in total. The van der Waals surface area contributed by atoms with Gasteiger partial charge in [0, 0.05) is 35.7 Å². The second-order valence-electron chi connectivity index (χ2n) is 8.25. The average molecular weight is 492 g/mol. The zero-order valence-corrected chi connectivity index (χ0v) is 20.7. The van der Waals surface area contributed by atoms with Gasteiger partial charge in [-0.3, -0.25) is 14.5 Å². The fraction of sp³-hybridized carbons (Fsp3) is 0.231. The van der Waals surface area contributed by atoms with Crippen molar-refractivity contribution < 1.29 is 9.53 Å². The van der Waals surface area contributed by atoms with E-state index in [1.807, 2.05) is 6.92 Å². The molecule has 1 saturated heterocycles. The smallest absolute Gasteiger partial charge is 0.262 e. The topological polar surface area (TPSA) is 100 Å². The van der Waals surface area contributed by atoms with E-state index in [-0.39, 0.29) is 22.8 Å². The zero-order chi connectivity index (χ0) is 25.3. The van der Waals surface area contributed by atoms with Crippen molar-refractivity contribution in [3.05, 3.63) is 92.6 Å². The molecule has 180 valence electrons. The summed E-state index contributed by atoms with van der Waals surface area (Å²) >= 11 is 6.10. The number of hydrogen-bond donors (Lipinski definition) is 2. The monoisotopic (exact) mass is 491 g/mol. The fourth-order valence-electron chi connectivity index (χ4n) is 4.20. The highest BCUT2D eigenvalue weighted by Gasteiger charge is 2.43. The Bertz CT molecular complexity index is 1370. The SMILES string of the molecule is CCOc1ncccc1N/C(C)=C1\C(=N)C(c2ccc(Cl)cc2)N(c2cc(C)c(=O)n(C)c2)C1=O. The molecule has 0 spiro atoms. The summed E-state index contributed by atoms with van der Waals surface area (Å²) < 4.78 is 7.04. The van der Waals surface area contributed by atoms with E-state index in [4.69, 9.17) is 21.7 Å². The number of halogens is 1. The minimum atomic E-state index is -0.691. The number of aromatic nitrogens is 2. The van der Waals surface area contributed by atoms with Crippen LogP contribution in [0.25, 0.3) is 0 Å². The number of nitrogens with zero attached hydrogens (tertiary/aromatic N) is 3. The number of amides is 1. The number of pyridine rings is 2. The molecule has 1 aliphatic rings. The van der Waals surface area contributed by atoms with Gasteiger partial charge < -0.3 is 20.0 Å². The molecule has 1 fully saturated rings. The molecule has 2 aromatic heterocycles. The molecule has 4 rings (SSSR count). The van der Waals surface area contributed by atoms with E-state index in [0.717, 1.165) is 5.56 Å². The molecule has 2 N–H and O–H groups in total. The Kier molecular flexibility index (Phi) is 6.75. The van der Waals surface area contributed by atoms with Crippen molar-refractivity contribution in [1.82, 2.24) is 9.55 Å². The highest BCUT2D eigenvalue weighted by Crippen LogP contribution is 2.39. The first kappa shape index (κ1) is 24.2. The van der Waals surface area contributed by atoms with Crippen molar-refractivity contribution >= 4 is 34.6 Å². The summed E-state index contributed by atoms with van der Waals surface area (Å²) in [6, 6.07) is 11.6. The molecule has 1 amide bonds. The zero-order valence-electron chi connectivity index (χ0n) is 19.9. The van der Waals surface area contributed by atoms with Crippen LogP contribution in [0.3, 0.4) is 0 Å². The number of aryl methyl sites for hydroxylation is 2. The van der Waals surface area contributed by atoms with Gasteiger partial charge >= 0.3 is 0 Å². The molecule has 1 aliphatic heterocycles. The lowest BCUT2D eigenvalue weighted by atomic mass is 9.99. The van der Waals surface area contributed by atoms with E-state index < -0.39 is 6.04 Å². The van der Waals surface area contributed by atoms with E-state index in [2.05, 4.69) is 10.3 Å². The van der Waals surface area contributed by atoms with Crippen molar-refractivity contribution in [3.8, 4) is 5.88 Å². The van der Waals surface area contributed by atoms with Gasteiger partial charge in [0.2, 0.25) is 5.88 Å². The average Bonchev–Trinajstić information content (AvgIpc) is 3.09. The first-order valence-corrected chi connectivity index (χ1v) is 11.5. The molecule has 0 saturated carbocycles. The van der Waals surface area contributed by atoms with Crippen LogP contribution in [-0.4, -0.2) is 27.8 Å². The summed E-state index contributed by atoms with van der Waals surface area (Å²) in [5.74, 6) is 0.0616. The second kappa shape index (κ2) is 9.76. The number of carbonyl (C=O) groups is 1. The number of nitrogens with one attached hydrogen (secondary N) is 2. The van der Waals surface area contributed by atoms with Crippen LogP contribution in [0.1, 0.15) is 31.0 Å². The van der Waals surface area contributed by atoms with Gasteiger partial charge in [0.25, 0.3) is 11.5 Å². The van der Waals surface area contributed by atoms with Gasteiger partial charge in [-0.15, -0.1) is 0 Å². The summed E-state index contributed by atoms with van der Waals surface area (Å²) in [5, 5.41) is 12.8. The van der Waals surface area contributed by atoms with Gasteiger partial charge in [-0.05, 0) is 56.7 Å². The number of hydrogen-bond acceptors (Lipinski definition) is 6. The molecule has 9 heteroatoms. The molecular weight excluding hydrogens is 466 g/mol. The summed E-state index contributed by atoms with van der Waals surface area (Å²) in [5.41, 5.74) is 3.09. The first-order valence-electron chi connectivity index (χ1n) is 11.1. The molecule has 0 radical (unpaired) electrons. The van der Waals surface area contributed by atoms with Crippen molar-refractivity contribution in [3.63, 3.8) is 0 Å². The quantitative estimate of drug-likeness (QED) is 0.489. The lowest BCUT2D eigenvalue weighted by Crippen LogP contribution is -2.31. The van der Waals surface area contributed by atoms with Crippen LogP contribution < -0.4 is 20.5 Å². The summed E-state index contributed by atoms with van der Waals surface area (Å²) in [4.78, 5) is 31.9. The van der Waals surface area contributed by atoms with Crippen LogP contribution in [-0.2, 0) is 11.8 Å². The molecule has 1 unspecified atom stereocenters. The van der Waals surface area contributed by atoms with Crippen LogP contribution >= 0.6 is 11.6 Å². The van der Waals surface area contributed by atoms with Gasteiger partial charge in [0.1, 0.15) is 11.7 Å². The molecule has 0 bridgehead atoms. The van der Waals surface area contributed by atoms with E-state index in [1.165, 1.54) is 4.57 Å². The molecule has 1 atom stereocenters. The predicted molar refractivity (Wildman–Crippen MR) is 138 cm³/mol. The Balaban J connectivity index is 1.85. The van der Waals surface area contributed by atoms with Gasteiger partial charge in [-0.25, -0.2) is 4.98 Å². The Hall–Kier alpha value is -3.91. The van der Waals surface area contributed by atoms with Crippen molar-refractivity contribution in [2.24, 2.45) is 7.05 Å². The third-order valence-electron chi connectivity index (χ3n) is 5.79. The summed E-state index contributed by atoms with van der Waals surface area (Å²) in [6.45, 7) is 5.76. The number of carbonyl (C=O) groups excluding carboxylic acids is 1. The number of ether oxygens (including phenoxy) is 1. The maximum Gasteiger partial charge on any atom is 0.262 e. The standard InChI is InChI=1S/C26H26ClN5O3/c1-5-35-24-20(7-6-12-29-24)30-16(3)21-22(28)23(17-8-10-18(27)11-9-17)32(26(21)34)19-13-15(2)25(33)31(4)14-19/h6-14,23,28,30H,5H2,1-4H3/b21-16+,28-22?. The van der Waals surface area contributed by atoms with Crippen molar-refractivity contribution in [2.75, 3.05) is 16.8 Å². The minimum absolute atomic E-state index is 0.135. The summed E-state index contributed by atoms with van der Waals surface area (Å²) in [6.07, 6.45) is 3.24. The van der Waals surface area contributed by atoms with E-state index in [1.54, 1.807) is 80.7 Å². The maximum atomic E-state index is 13.8. The van der Waals surface area contributed by atoms with Gasteiger partial charge in [0.05, 0.1) is 23.6 Å². The predicted octanol–water partition coefficient (Wildman–Crippen LogP) is 4.63. The Labute approximate surface area is 208 Å². The Morgan fingerprint density at radius 1 is 1.23 bits per heavy atom. The number of benzene rings is 1. The first-order chi connectivity index (χ1) is 16.7. The maximum absolute atomic E-state index is 13.8. The van der Waals surface area contributed by atoms with Gasteiger partial charge in [-0.1, -0.05) is 23.7 Å². The molecule has 1 aromatic carbocycles. The third-order valence-corrected chi connectivity index (χ3v) is 6.05. The van der Waals surface area contributed by atoms with Crippen LogP contribution in [0, 0.1) is 12.3 Å². The van der Waals surface area contributed by atoms with Crippen molar-refractivity contribution in [1.29, 1.82) is 5.41 Å². The summed E-state index contributed by atoms with van der Waals surface area (Å²) in [7, 11) is 1.64. The highest BCUT2D eigenvalue weighted by atomic mass is 35.5. The lowest BCUT2D eigenvalue weighted by molar-refractivity contribution is -0.114. The molecular formula is C26H26ClN5O3. The molecule has 35 heavy (non-hydrogen) atoms. The normalized spacial score (nSPS) is 17.1.